The first-order valence-corrected chi connectivity index (χ1v) is 7.95. The predicted octanol–water partition coefficient (Wildman–Crippen LogP) is 3.65. The van der Waals surface area contributed by atoms with Crippen LogP contribution in [0.4, 0.5) is 11.6 Å². The van der Waals surface area contributed by atoms with Gasteiger partial charge in [-0.15, -0.1) is 0 Å². The van der Waals surface area contributed by atoms with E-state index < -0.39 is 0 Å². The van der Waals surface area contributed by atoms with Crippen LogP contribution < -0.4 is 10.6 Å². The highest BCUT2D eigenvalue weighted by Crippen LogP contribution is 2.30. The first-order chi connectivity index (χ1) is 9.54. The van der Waals surface area contributed by atoms with Gasteiger partial charge in [-0.05, 0) is 26.7 Å². The largest absolute Gasteiger partial charge is 0.383 e. The fraction of sp³-hybridized carbons (Fsp3) is 0.750. The number of aromatic nitrogens is 2. The molecule has 2 N–H and O–H groups in total. The van der Waals surface area contributed by atoms with Crippen molar-refractivity contribution in [2.45, 2.75) is 71.8 Å². The Kier molecular flexibility index (Phi) is 4.84. The minimum atomic E-state index is 0.307. The van der Waals surface area contributed by atoms with Crippen molar-refractivity contribution >= 4 is 11.6 Å². The Morgan fingerprint density at radius 2 is 1.85 bits per heavy atom. The molecule has 0 radical (unpaired) electrons. The minimum Gasteiger partial charge on any atom is -0.383 e. The second-order valence-corrected chi connectivity index (χ2v) is 6.15. The van der Waals surface area contributed by atoms with E-state index in [1.807, 2.05) is 6.92 Å². The van der Waals surface area contributed by atoms with Gasteiger partial charge in [-0.2, -0.15) is 0 Å². The third-order valence-corrected chi connectivity index (χ3v) is 4.32. The summed E-state index contributed by atoms with van der Waals surface area (Å²) in [6.07, 6.45) is 6.58. The van der Waals surface area contributed by atoms with Gasteiger partial charge >= 0.3 is 0 Å². The Labute approximate surface area is 122 Å². The SMILES string of the molecule is CCN(c1nc(C(C)C)nc(N)c1C)C1CCCCC1. The number of hydrogen-bond donors (Lipinski definition) is 1. The van der Waals surface area contributed by atoms with Crippen LogP contribution in [0, 0.1) is 6.92 Å². The quantitative estimate of drug-likeness (QED) is 0.912. The van der Waals surface area contributed by atoms with Crippen LogP contribution in [0.15, 0.2) is 0 Å². The predicted molar refractivity (Wildman–Crippen MR) is 85.2 cm³/mol. The molecular weight excluding hydrogens is 248 g/mol. The van der Waals surface area contributed by atoms with Gasteiger partial charge in [0.05, 0.1) is 0 Å². The number of nitrogen functional groups attached to an aromatic ring is 1. The van der Waals surface area contributed by atoms with Crippen molar-refractivity contribution in [3.05, 3.63) is 11.4 Å². The maximum Gasteiger partial charge on any atom is 0.137 e. The average Bonchev–Trinajstić information content (AvgIpc) is 2.45. The summed E-state index contributed by atoms with van der Waals surface area (Å²) in [7, 11) is 0. The van der Waals surface area contributed by atoms with E-state index in [0.717, 1.165) is 23.8 Å². The second kappa shape index (κ2) is 6.42. The van der Waals surface area contributed by atoms with Crippen LogP contribution in [0.1, 0.15) is 70.2 Å². The van der Waals surface area contributed by atoms with Gasteiger partial charge in [0, 0.05) is 24.1 Å². The summed E-state index contributed by atoms with van der Waals surface area (Å²) >= 11 is 0. The standard InChI is InChI=1S/C16H28N4/c1-5-20(13-9-7-6-8-10-13)16-12(4)14(17)18-15(19-16)11(2)3/h11,13H,5-10H2,1-4H3,(H2,17,18,19). The summed E-state index contributed by atoms with van der Waals surface area (Å²) in [6.45, 7) is 9.47. The fourth-order valence-corrected chi connectivity index (χ4v) is 3.05. The molecule has 0 atom stereocenters. The fourth-order valence-electron chi connectivity index (χ4n) is 3.05. The van der Waals surface area contributed by atoms with E-state index in [4.69, 9.17) is 10.7 Å². The van der Waals surface area contributed by atoms with E-state index in [0.29, 0.717) is 17.8 Å². The average molecular weight is 276 g/mol. The molecule has 4 nitrogen and oxygen atoms in total. The lowest BCUT2D eigenvalue weighted by Gasteiger charge is -2.35. The minimum absolute atomic E-state index is 0.307. The lowest BCUT2D eigenvalue weighted by molar-refractivity contribution is 0.415. The van der Waals surface area contributed by atoms with Crippen LogP contribution in [-0.4, -0.2) is 22.6 Å². The molecule has 1 fully saturated rings. The highest BCUT2D eigenvalue weighted by molar-refractivity contribution is 5.57. The summed E-state index contributed by atoms with van der Waals surface area (Å²) in [6, 6.07) is 0.613. The third kappa shape index (κ3) is 3.05. The second-order valence-electron chi connectivity index (χ2n) is 6.15. The van der Waals surface area contributed by atoms with Gasteiger partial charge in [0.25, 0.3) is 0 Å². The molecule has 112 valence electrons. The number of nitrogens with two attached hydrogens (primary N) is 1. The van der Waals surface area contributed by atoms with Crippen molar-refractivity contribution in [1.82, 2.24) is 9.97 Å². The molecule has 0 spiro atoms. The molecule has 1 aromatic rings. The number of hydrogen-bond acceptors (Lipinski definition) is 4. The molecule has 1 aliphatic rings. The van der Waals surface area contributed by atoms with Crippen molar-refractivity contribution in [3.8, 4) is 0 Å². The maximum atomic E-state index is 6.10. The Morgan fingerprint density at radius 3 is 2.40 bits per heavy atom. The summed E-state index contributed by atoms with van der Waals surface area (Å²) in [5.74, 6) is 2.85. The monoisotopic (exact) mass is 276 g/mol. The van der Waals surface area contributed by atoms with Crippen LogP contribution >= 0.6 is 0 Å². The van der Waals surface area contributed by atoms with Crippen molar-refractivity contribution in [1.29, 1.82) is 0 Å². The molecule has 2 rings (SSSR count). The van der Waals surface area contributed by atoms with E-state index >= 15 is 0 Å². The van der Waals surface area contributed by atoms with Crippen LogP contribution in [0.2, 0.25) is 0 Å². The van der Waals surface area contributed by atoms with E-state index in [1.165, 1.54) is 32.1 Å². The van der Waals surface area contributed by atoms with E-state index in [-0.39, 0.29) is 0 Å². The zero-order valence-electron chi connectivity index (χ0n) is 13.3. The molecule has 1 aromatic heterocycles. The van der Waals surface area contributed by atoms with Crippen molar-refractivity contribution in [2.24, 2.45) is 0 Å². The van der Waals surface area contributed by atoms with Gasteiger partial charge < -0.3 is 10.6 Å². The molecule has 4 heteroatoms. The normalized spacial score (nSPS) is 16.6. The van der Waals surface area contributed by atoms with Crippen molar-refractivity contribution < 1.29 is 0 Å². The van der Waals surface area contributed by atoms with E-state index in [2.05, 4.69) is 30.7 Å². The number of rotatable bonds is 4. The first-order valence-electron chi connectivity index (χ1n) is 7.95. The number of nitrogens with zero attached hydrogens (tertiary/aromatic N) is 3. The molecule has 1 saturated carbocycles. The lowest BCUT2D eigenvalue weighted by atomic mass is 9.94. The summed E-state index contributed by atoms with van der Waals surface area (Å²) in [5.41, 5.74) is 7.13. The van der Waals surface area contributed by atoms with E-state index in [1.54, 1.807) is 0 Å². The van der Waals surface area contributed by atoms with Gasteiger partial charge in [-0.3, -0.25) is 0 Å². The molecule has 0 aromatic carbocycles. The third-order valence-electron chi connectivity index (χ3n) is 4.32. The van der Waals surface area contributed by atoms with Crippen LogP contribution in [0.25, 0.3) is 0 Å². The highest BCUT2D eigenvalue weighted by Gasteiger charge is 2.24. The topological polar surface area (TPSA) is 55.0 Å². The van der Waals surface area contributed by atoms with Crippen LogP contribution in [0.5, 0.6) is 0 Å². The number of anilines is 2. The summed E-state index contributed by atoms with van der Waals surface area (Å²) in [5, 5.41) is 0. The molecule has 0 aliphatic heterocycles. The maximum absolute atomic E-state index is 6.10. The molecular formula is C16H28N4. The highest BCUT2D eigenvalue weighted by atomic mass is 15.2. The molecule has 0 saturated heterocycles. The van der Waals surface area contributed by atoms with Crippen molar-refractivity contribution in [3.63, 3.8) is 0 Å². The Morgan fingerprint density at radius 1 is 1.20 bits per heavy atom. The summed E-state index contributed by atoms with van der Waals surface area (Å²) < 4.78 is 0. The first kappa shape index (κ1) is 15.1. The molecule has 1 aliphatic carbocycles. The summed E-state index contributed by atoms with van der Waals surface area (Å²) in [4.78, 5) is 11.7. The van der Waals surface area contributed by atoms with Gasteiger partial charge in [0.1, 0.15) is 17.5 Å². The molecule has 1 heterocycles. The van der Waals surface area contributed by atoms with E-state index in [9.17, 15) is 0 Å². The molecule has 20 heavy (non-hydrogen) atoms. The molecule has 0 amide bonds. The van der Waals surface area contributed by atoms with Crippen molar-refractivity contribution in [2.75, 3.05) is 17.2 Å². The van der Waals surface area contributed by atoms with Crippen LogP contribution in [-0.2, 0) is 0 Å². The van der Waals surface area contributed by atoms with Gasteiger partial charge in [0.2, 0.25) is 0 Å². The zero-order valence-corrected chi connectivity index (χ0v) is 13.3. The smallest absolute Gasteiger partial charge is 0.137 e. The van der Waals surface area contributed by atoms with Crippen LogP contribution in [0.3, 0.4) is 0 Å². The van der Waals surface area contributed by atoms with Gasteiger partial charge in [-0.1, -0.05) is 33.1 Å². The molecule has 0 bridgehead atoms. The zero-order chi connectivity index (χ0) is 14.7. The van der Waals surface area contributed by atoms with Gasteiger partial charge in [-0.25, -0.2) is 9.97 Å². The Hall–Kier alpha value is -1.32. The van der Waals surface area contributed by atoms with Gasteiger partial charge in [0.15, 0.2) is 0 Å². The Bertz CT molecular complexity index is 450. The molecule has 0 unspecified atom stereocenters. The Balaban J connectivity index is 2.37. The lowest BCUT2D eigenvalue weighted by Crippen LogP contribution is -2.38.